The van der Waals surface area contributed by atoms with E-state index in [2.05, 4.69) is 16.0 Å². The minimum absolute atomic E-state index is 0.147. The van der Waals surface area contributed by atoms with Crippen molar-refractivity contribution in [2.45, 2.75) is 6.42 Å². The lowest BCUT2D eigenvalue weighted by atomic mass is 10.3. The summed E-state index contributed by atoms with van der Waals surface area (Å²) in [6.07, 6.45) is 0.147. The van der Waals surface area contributed by atoms with Crippen LogP contribution in [-0.4, -0.2) is 15.9 Å². The molecule has 65 valence electrons. The van der Waals surface area contributed by atoms with Gasteiger partial charge in [0.25, 0.3) is 0 Å². The lowest BCUT2D eigenvalue weighted by Gasteiger charge is -1.87. The van der Waals surface area contributed by atoms with E-state index in [1.165, 1.54) is 0 Å². The number of primary amides is 1. The number of hydrogen-bond acceptors (Lipinski definition) is 2. The predicted molar refractivity (Wildman–Crippen MR) is 47.8 cm³/mol. The van der Waals surface area contributed by atoms with Crippen LogP contribution in [0.3, 0.4) is 0 Å². The summed E-state index contributed by atoms with van der Waals surface area (Å²) in [7, 11) is 0. The summed E-state index contributed by atoms with van der Waals surface area (Å²) in [5.41, 5.74) is 6.74. The van der Waals surface area contributed by atoms with Crippen molar-refractivity contribution in [3.63, 3.8) is 0 Å². The molecule has 0 unspecified atom stereocenters. The Morgan fingerprint density at radius 2 is 2.54 bits per heavy atom. The normalized spacial score (nSPS) is 10.5. The van der Waals surface area contributed by atoms with E-state index in [0.717, 1.165) is 11.0 Å². The quantitative estimate of drug-likeness (QED) is 0.691. The number of H-pyrrole nitrogens is 1. The summed E-state index contributed by atoms with van der Waals surface area (Å²) in [6, 6.07) is 8.30. The maximum atomic E-state index is 10.6. The van der Waals surface area contributed by atoms with Crippen LogP contribution in [0.2, 0.25) is 0 Å². The molecule has 2 rings (SSSR count). The van der Waals surface area contributed by atoms with Gasteiger partial charge in [-0.2, -0.15) is 0 Å². The largest absolute Gasteiger partial charge is 0.369 e. The molecule has 4 nitrogen and oxygen atoms in total. The number of benzene rings is 1. The third-order valence-electron chi connectivity index (χ3n) is 1.72. The number of hydrogen-bond donors (Lipinski definition) is 2. The lowest BCUT2D eigenvalue weighted by Crippen LogP contribution is -2.14. The first-order chi connectivity index (χ1) is 6.25. The molecule has 0 aliphatic carbocycles. The Labute approximate surface area is 74.8 Å². The highest BCUT2D eigenvalue weighted by Crippen LogP contribution is 2.09. The first-order valence-corrected chi connectivity index (χ1v) is 3.89. The van der Waals surface area contributed by atoms with E-state index in [1.54, 1.807) is 12.1 Å². The molecule has 0 aliphatic heterocycles. The predicted octanol–water partition coefficient (Wildman–Crippen LogP) is 0.391. The molecular formula is C9H8N3O. The van der Waals surface area contributed by atoms with Crippen LogP contribution in [0.15, 0.2) is 18.2 Å². The summed E-state index contributed by atoms with van der Waals surface area (Å²) >= 11 is 0. The van der Waals surface area contributed by atoms with Gasteiger partial charge in [-0.1, -0.05) is 6.07 Å². The van der Waals surface area contributed by atoms with E-state index < -0.39 is 0 Å². The second kappa shape index (κ2) is 2.90. The van der Waals surface area contributed by atoms with Gasteiger partial charge >= 0.3 is 0 Å². The molecule has 0 spiro atoms. The van der Waals surface area contributed by atoms with Crippen molar-refractivity contribution >= 4 is 16.9 Å². The van der Waals surface area contributed by atoms with Crippen LogP contribution in [0.1, 0.15) is 5.82 Å². The molecule has 0 atom stereocenters. The fraction of sp³-hybridized carbons (Fsp3) is 0.111. The number of nitrogens with two attached hydrogens (primary N) is 1. The number of nitrogens with zero attached hydrogens (tertiary/aromatic N) is 1. The van der Waals surface area contributed by atoms with Gasteiger partial charge in [-0.25, -0.2) is 4.98 Å². The van der Waals surface area contributed by atoms with Crippen molar-refractivity contribution in [1.82, 2.24) is 9.97 Å². The van der Waals surface area contributed by atoms with Crippen molar-refractivity contribution in [3.8, 4) is 0 Å². The lowest BCUT2D eigenvalue weighted by molar-refractivity contribution is -0.117. The molecule has 0 bridgehead atoms. The fourth-order valence-corrected chi connectivity index (χ4v) is 1.20. The molecule has 3 N–H and O–H groups in total. The Bertz CT molecular complexity index is 414. The van der Waals surface area contributed by atoms with Gasteiger partial charge in [0.15, 0.2) is 0 Å². The highest BCUT2D eigenvalue weighted by molar-refractivity contribution is 5.79. The third kappa shape index (κ3) is 1.51. The van der Waals surface area contributed by atoms with Crippen molar-refractivity contribution in [3.05, 3.63) is 30.1 Å². The number of rotatable bonds is 2. The first kappa shape index (κ1) is 7.79. The summed E-state index contributed by atoms with van der Waals surface area (Å²) in [5.74, 6) is 0.213. The summed E-state index contributed by atoms with van der Waals surface area (Å²) in [4.78, 5) is 17.8. The molecule has 1 aromatic heterocycles. The number of amides is 1. The second-order valence-electron chi connectivity index (χ2n) is 2.77. The number of carbonyl (C=O) groups excluding carboxylic acids is 1. The molecular weight excluding hydrogens is 166 g/mol. The Balaban J connectivity index is 2.44. The molecule has 2 aromatic rings. The van der Waals surface area contributed by atoms with Crippen LogP contribution >= 0.6 is 0 Å². The van der Waals surface area contributed by atoms with Crippen LogP contribution in [-0.2, 0) is 11.2 Å². The topological polar surface area (TPSA) is 71.8 Å². The highest BCUT2D eigenvalue weighted by Gasteiger charge is 2.03. The molecule has 0 aliphatic rings. The van der Waals surface area contributed by atoms with Gasteiger partial charge in [0, 0.05) is 0 Å². The number of fused-ring (bicyclic) bond motifs is 1. The van der Waals surface area contributed by atoms with Gasteiger partial charge < -0.3 is 10.7 Å². The molecule has 1 heterocycles. The Morgan fingerprint density at radius 3 is 3.23 bits per heavy atom. The average molecular weight is 174 g/mol. The third-order valence-corrected chi connectivity index (χ3v) is 1.72. The summed E-state index contributed by atoms with van der Waals surface area (Å²) in [6.45, 7) is 0. The first-order valence-electron chi connectivity index (χ1n) is 3.89. The van der Waals surface area contributed by atoms with E-state index in [-0.39, 0.29) is 12.3 Å². The molecule has 1 radical (unpaired) electrons. The SMILES string of the molecule is NC(=O)Cc1nc2c[c]ccc2[nH]1. The molecule has 1 amide bonds. The molecule has 0 saturated heterocycles. The average Bonchev–Trinajstić information content (AvgIpc) is 2.44. The van der Waals surface area contributed by atoms with Crippen LogP contribution in [0.4, 0.5) is 0 Å². The Hall–Kier alpha value is -1.84. The van der Waals surface area contributed by atoms with Gasteiger partial charge in [0.2, 0.25) is 5.91 Å². The molecule has 0 saturated carbocycles. The van der Waals surface area contributed by atoms with Crippen LogP contribution in [0, 0.1) is 6.07 Å². The van der Waals surface area contributed by atoms with E-state index in [4.69, 9.17) is 5.73 Å². The number of aromatic nitrogens is 2. The molecule has 0 fully saturated rings. The molecule has 1 aromatic carbocycles. The van der Waals surface area contributed by atoms with Gasteiger partial charge in [0.1, 0.15) is 5.82 Å². The Kier molecular flexibility index (Phi) is 1.73. The minimum atomic E-state index is -0.386. The summed E-state index contributed by atoms with van der Waals surface area (Å²) < 4.78 is 0. The van der Waals surface area contributed by atoms with Crippen LogP contribution in [0.5, 0.6) is 0 Å². The second-order valence-corrected chi connectivity index (χ2v) is 2.77. The van der Waals surface area contributed by atoms with E-state index >= 15 is 0 Å². The van der Waals surface area contributed by atoms with Gasteiger partial charge in [-0.15, -0.1) is 0 Å². The van der Waals surface area contributed by atoms with Gasteiger partial charge in [0.05, 0.1) is 17.5 Å². The standard InChI is InChI=1S/C9H8N3O/c10-8(13)5-9-11-6-3-1-2-4-7(6)12-9/h1,3-4H,5H2,(H2,10,13)(H,11,12). The maximum absolute atomic E-state index is 10.6. The van der Waals surface area contributed by atoms with Crippen molar-refractivity contribution in [2.75, 3.05) is 0 Å². The zero-order chi connectivity index (χ0) is 9.26. The maximum Gasteiger partial charge on any atom is 0.225 e. The van der Waals surface area contributed by atoms with Crippen molar-refractivity contribution < 1.29 is 4.79 Å². The molecule has 13 heavy (non-hydrogen) atoms. The zero-order valence-corrected chi connectivity index (χ0v) is 6.87. The highest BCUT2D eigenvalue weighted by atomic mass is 16.1. The van der Waals surface area contributed by atoms with Crippen molar-refractivity contribution in [2.24, 2.45) is 5.73 Å². The van der Waals surface area contributed by atoms with Crippen molar-refractivity contribution in [1.29, 1.82) is 0 Å². The number of aromatic amines is 1. The smallest absolute Gasteiger partial charge is 0.225 e. The fourth-order valence-electron chi connectivity index (χ4n) is 1.20. The molecule has 4 heteroatoms. The Morgan fingerprint density at radius 1 is 1.69 bits per heavy atom. The van der Waals surface area contributed by atoms with Crippen LogP contribution < -0.4 is 5.73 Å². The monoisotopic (exact) mass is 174 g/mol. The number of carbonyl (C=O) groups is 1. The van der Waals surface area contributed by atoms with E-state index in [1.807, 2.05) is 6.07 Å². The van der Waals surface area contributed by atoms with Crippen LogP contribution in [0.25, 0.3) is 11.0 Å². The zero-order valence-electron chi connectivity index (χ0n) is 6.87. The number of imidazole rings is 1. The number of nitrogens with one attached hydrogen (secondary N) is 1. The van der Waals surface area contributed by atoms with E-state index in [9.17, 15) is 4.79 Å². The minimum Gasteiger partial charge on any atom is -0.369 e. The van der Waals surface area contributed by atoms with E-state index in [0.29, 0.717) is 5.82 Å². The summed E-state index contributed by atoms with van der Waals surface area (Å²) in [5, 5.41) is 0. The van der Waals surface area contributed by atoms with Gasteiger partial charge in [-0.05, 0) is 18.2 Å². The van der Waals surface area contributed by atoms with Gasteiger partial charge in [-0.3, -0.25) is 4.79 Å².